The molecule has 0 amide bonds. The van der Waals surface area contributed by atoms with Gasteiger partial charge in [0.25, 0.3) is 0 Å². The molecule has 3 heteroatoms. The summed E-state index contributed by atoms with van der Waals surface area (Å²) in [4.78, 5) is 2.60. The van der Waals surface area contributed by atoms with Crippen molar-refractivity contribution in [3.05, 3.63) is 29.8 Å². The van der Waals surface area contributed by atoms with E-state index in [2.05, 4.69) is 23.2 Å². The zero-order chi connectivity index (χ0) is 13.5. The predicted octanol–water partition coefficient (Wildman–Crippen LogP) is 3.23. The SMILES string of the molecule is CC1CCCCN1CCCNc1ccc(C#N)cc1. The summed E-state index contributed by atoms with van der Waals surface area (Å²) in [7, 11) is 0. The van der Waals surface area contributed by atoms with Crippen molar-refractivity contribution in [2.75, 3.05) is 25.0 Å². The van der Waals surface area contributed by atoms with Gasteiger partial charge in [-0.15, -0.1) is 0 Å². The summed E-state index contributed by atoms with van der Waals surface area (Å²) in [6, 6.07) is 10.5. The van der Waals surface area contributed by atoms with Crippen LogP contribution in [0.4, 0.5) is 5.69 Å². The summed E-state index contributed by atoms with van der Waals surface area (Å²) in [5, 5.41) is 12.2. The van der Waals surface area contributed by atoms with Crippen LogP contribution in [0, 0.1) is 11.3 Å². The number of hydrogen-bond acceptors (Lipinski definition) is 3. The second-order valence-electron chi connectivity index (χ2n) is 5.35. The number of rotatable bonds is 5. The zero-order valence-electron chi connectivity index (χ0n) is 11.7. The topological polar surface area (TPSA) is 39.1 Å². The Kier molecular flexibility index (Phi) is 5.23. The highest BCUT2D eigenvalue weighted by Crippen LogP contribution is 2.16. The third-order valence-corrected chi connectivity index (χ3v) is 3.91. The minimum atomic E-state index is 0.715. The van der Waals surface area contributed by atoms with E-state index >= 15 is 0 Å². The van der Waals surface area contributed by atoms with Gasteiger partial charge in [-0.2, -0.15) is 5.26 Å². The molecule has 0 saturated carbocycles. The third-order valence-electron chi connectivity index (χ3n) is 3.91. The molecule has 1 aromatic carbocycles. The monoisotopic (exact) mass is 257 g/mol. The van der Waals surface area contributed by atoms with Crippen LogP contribution in [-0.2, 0) is 0 Å². The van der Waals surface area contributed by atoms with Gasteiger partial charge >= 0.3 is 0 Å². The highest BCUT2D eigenvalue weighted by Gasteiger charge is 2.16. The molecule has 0 radical (unpaired) electrons. The van der Waals surface area contributed by atoms with E-state index in [9.17, 15) is 0 Å². The number of nitriles is 1. The quantitative estimate of drug-likeness (QED) is 0.823. The smallest absolute Gasteiger partial charge is 0.0991 e. The molecule has 2 rings (SSSR count). The Morgan fingerprint density at radius 3 is 2.79 bits per heavy atom. The van der Waals surface area contributed by atoms with Crippen LogP contribution in [0.15, 0.2) is 24.3 Å². The fraction of sp³-hybridized carbons (Fsp3) is 0.562. The Bertz CT molecular complexity index is 419. The number of nitrogens with zero attached hydrogens (tertiary/aromatic N) is 2. The molecule has 1 fully saturated rings. The highest BCUT2D eigenvalue weighted by atomic mass is 15.2. The lowest BCUT2D eigenvalue weighted by Crippen LogP contribution is -2.38. The molecule has 0 bridgehead atoms. The number of anilines is 1. The van der Waals surface area contributed by atoms with Crippen LogP contribution in [-0.4, -0.2) is 30.6 Å². The van der Waals surface area contributed by atoms with Crippen molar-refractivity contribution in [2.45, 2.75) is 38.6 Å². The number of benzene rings is 1. The zero-order valence-corrected chi connectivity index (χ0v) is 11.7. The van der Waals surface area contributed by atoms with Crippen LogP contribution in [0.25, 0.3) is 0 Å². The summed E-state index contributed by atoms with van der Waals surface area (Å²) in [5.74, 6) is 0. The average molecular weight is 257 g/mol. The van der Waals surface area contributed by atoms with E-state index < -0.39 is 0 Å². The van der Waals surface area contributed by atoms with E-state index in [1.807, 2.05) is 24.3 Å². The molecule has 0 aromatic heterocycles. The molecule has 1 aliphatic rings. The van der Waals surface area contributed by atoms with Crippen LogP contribution in [0.1, 0.15) is 38.2 Å². The summed E-state index contributed by atoms with van der Waals surface area (Å²) in [5.41, 5.74) is 1.82. The van der Waals surface area contributed by atoms with Gasteiger partial charge in [-0.05, 0) is 57.0 Å². The first kappa shape index (κ1) is 13.9. The van der Waals surface area contributed by atoms with E-state index in [0.29, 0.717) is 5.56 Å². The Morgan fingerprint density at radius 1 is 1.32 bits per heavy atom. The summed E-state index contributed by atoms with van der Waals surface area (Å²) < 4.78 is 0. The number of hydrogen-bond donors (Lipinski definition) is 1. The molecule has 1 atom stereocenters. The summed E-state index contributed by atoms with van der Waals surface area (Å²) in [6.07, 6.45) is 5.27. The normalized spacial score (nSPS) is 19.9. The Morgan fingerprint density at radius 2 is 2.11 bits per heavy atom. The van der Waals surface area contributed by atoms with Crippen LogP contribution in [0.2, 0.25) is 0 Å². The maximum atomic E-state index is 8.74. The maximum absolute atomic E-state index is 8.74. The van der Waals surface area contributed by atoms with Crippen LogP contribution in [0.3, 0.4) is 0 Å². The second kappa shape index (κ2) is 7.16. The summed E-state index contributed by atoms with van der Waals surface area (Å²) in [6.45, 7) is 5.78. The molecule has 1 N–H and O–H groups in total. The average Bonchev–Trinajstić information content (AvgIpc) is 2.46. The van der Waals surface area contributed by atoms with E-state index in [4.69, 9.17) is 5.26 Å². The Labute approximate surface area is 116 Å². The standard InChI is InChI=1S/C16H23N3/c1-14-5-2-3-11-19(14)12-4-10-18-16-8-6-15(13-17)7-9-16/h6-9,14,18H,2-5,10-12H2,1H3. The van der Waals surface area contributed by atoms with E-state index in [1.54, 1.807) is 0 Å². The van der Waals surface area contributed by atoms with Crippen molar-refractivity contribution < 1.29 is 0 Å². The van der Waals surface area contributed by atoms with Crippen molar-refractivity contribution in [3.63, 3.8) is 0 Å². The molecule has 1 saturated heterocycles. The molecule has 3 nitrogen and oxygen atoms in total. The number of nitrogens with one attached hydrogen (secondary N) is 1. The maximum Gasteiger partial charge on any atom is 0.0991 e. The minimum absolute atomic E-state index is 0.715. The third kappa shape index (κ3) is 4.25. The molecule has 19 heavy (non-hydrogen) atoms. The van der Waals surface area contributed by atoms with Crippen molar-refractivity contribution in [1.82, 2.24) is 4.90 Å². The fourth-order valence-electron chi connectivity index (χ4n) is 2.67. The van der Waals surface area contributed by atoms with Crippen molar-refractivity contribution in [2.24, 2.45) is 0 Å². The van der Waals surface area contributed by atoms with Gasteiger partial charge in [-0.25, -0.2) is 0 Å². The Balaban J connectivity index is 1.67. The van der Waals surface area contributed by atoms with Crippen molar-refractivity contribution in [1.29, 1.82) is 5.26 Å². The van der Waals surface area contributed by atoms with Gasteiger partial charge in [0.15, 0.2) is 0 Å². The van der Waals surface area contributed by atoms with Crippen LogP contribution >= 0.6 is 0 Å². The van der Waals surface area contributed by atoms with Gasteiger partial charge in [-0.3, -0.25) is 0 Å². The number of likely N-dealkylation sites (tertiary alicyclic amines) is 1. The molecule has 102 valence electrons. The van der Waals surface area contributed by atoms with E-state index in [1.165, 1.54) is 38.8 Å². The fourth-order valence-corrected chi connectivity index (χ4v) is 2.67. The van der Waals surface area contributed by atoms with Gasteiger partial charge < -0.3 is 10.2 Å². The summed E-state index contributed by atoms with van der Waals surface area (Å²) >= 11 is 0. The minimum Gasteiger partial charge on any atom is -0.385 e. The first-order valence-corrected chi connectivity index (χ1v) is 7.27. The first-order valence-electron chi connectivity index (χ1n) is 7.27. The lowest BCUT2D eigenvalue weighted by Gasteiger charge is -2.33. The van der Waals surface area contributed by atoms with Gasteiger partial charge in [0.05, 0.1) is 11.6 Å². The lowest BCUT2D eigenvalue weighted by molar-refractivity contribution is 0.160. The van der Waals surface area contributed by atoms with Crippen LogP contribution < -0.4 is 5.32 Å². The second-order valence-corrected chi connectivity index (χ2v) is 5.35. The van der Waals surface area contributed by atoms with Gasteiger partial charge in [-0.1, -0.05) is 6.42 Å². The van der Waals surface area contributed by atoms with E-state index in [-0.39, 0.29) is 0 Å². The molecular formula is C16H23N3. The van der Waals surface area contributed by atoms with Crippen molar-refractivity contribution in [3.8, 4) is 6.07 Å². The van der Waals surface area contributed by atoms with E-state index in [0.717, 1.165) is 18.3 Å². The molecule has 1 unspecified atom stereocenters. The molecule has 0 spiro atoms. The van der Waals surface area contributed by atoms with Crippen LogP contribution in [0.5, 0.6) is 0 Å². The largest absolute Gasteiger partial charge is 0.385 e. The molecule has 1 heterocycles. The molecule has 0 aliphatic carbocycles. The van der Waals surface area contributed by atoms with Gasteiger partial charge in [0.2, 0.25) is 0 Å². The Hall–Kier alpha value is -1.53. The van der Waals surface area contributed by atoms with Gasteiger partial charge in [0.1, 0.15) is 0 Å². The number of piperidine rings is 1. The van der Waals surface area contributed by atoms with Crippen molar-refractivity contribution >= 4 is 5.69 Å². The van der Waals surface area contributed by atoms with Gasteiger partial charge in [0, 0.05) is 24.8 Å². The lowest BCUT2D eigenvalue weighted by atomic mass is 10.0. The predicted molar refractivity (Wildman–Crippen MR) is 79.1 cm³/mol. The highest BCUT2D eigenvalue weighted by molar-refractivity contribution is 5.46. The first-order chi connectivity index (χ1) is 9.29. The molecular weight excluding hydrogens is 234 g/mol. The molecule has 1 aliphatic heterocycles. The molecule has 1 aromatic rings.